The van der Waals surface area contributed by atoms with Gasteiger partial charge in [-0.3, -0.25) is 19.7 Å². The number of benzene rings is 2. The molecular formula is C19H17N5O3. The van der Waals surface area contributed by atoms with E-state index in [1.54, 1.807) is 42.1 Å². The van der Waals surface area contributed by atoms with Gasteiger partial charge in [0.05, 0.1) is 11.4 Å². The number of aromatic nitrogens is 3. The van der Waals surface area contributed by atoms with E-state index in [4.69, 9.17) is 0 Å². The molecule has 0 aliphatic carbocycles. The number of nitrogens with one attached hydrogen (secondary N) is 2. The van der Waals surface area contributed by atoms with Crippen LogP contribution in [0.15, 0.2) is 42.5 Å². The summed E-state index contributed by atoms with van der Waals surface area (Å²) in [4.78, 5) is 35.4. The third kappa shape index (κ3) is 3.41. The van der Waals surface area contributed by atoms with Gasteiger partial charge >= 0.3 is 0 Å². The molecule has 0 radical (unpaired) electrons. The van der Waals surface area contributed by atoms with E-state index >= 15 is 0 Å². The zero-order valence-electron chi connectivity index (χ0n) is 14.6. The van der Waals surface area contributed by atoms with Crippen LogP contribution in [-0.4, -0.2) is 32.7 Å². The van der Waals surface area contributed by atoms with Crippen molar-refractivity contribution in [3.8, 4) is 0 Å². The first-order valence-electron chi connectivity index (χ1n) is 8.53. The Bertz CT molecular complexity index is 1050. The Balaban J connectivity index is 1.43. The Hall–Kier alpha value is -3.55. The van der Waals surface area contributed by atoms with Gasteiger partial charge in [-0.05, 0) is 42.3 Å². The van der Waals surface area contributed by atoms with Crippen LogP contribution in [0.25, 0.3) is 11.0 Å². The van der Waals surface area contributed by atoms with Crippen LogP contribution in [0.1, 0.15) is 22.3 Å². The number of imide groups is 1. The van der Waals surface area contributed by atoms with Crippen LogP contribution >= 0.6 is 0 Å². The minimum absolute atomic E-state index is 0.224. The van der Waals surface area contributed by atoms with Crippen LogP contribution in [0, 0.1) is 5.92 Å². The molecule has 0 spiro atoms. The second-order valence-electron chi connectivity index (χ2n) is 6.59. The number of carbonyl (C=O) groups excluding carboxylic acids is 3. The Kier molecular flexibility index (Phi) is 4.15. The lowest BCUT2D eigenvalue weighted by Gasteiger charge is -2.09. The van der Waals surface area contributed by atoms with Crippen LogP contribution < -0.4 is 10.6 Å². The molecule has 2 aromatic carbocycles. The maximum Gasteiger partial charge on any atom is 0.255 e. The molecule has 0 saturated carbocycles. The molecule has 1 saturated heterocycles. The standard InChI is InChI=1S/C19H17N5O3/c1-24-16-7-4-12(9-15(16)22-23-24)18(26)20-14-5-2-11(3-6-14)8-13-10-17(25)21-19(13)27/h2-7,9,13H,8,10H2,1H3,(H,20,26)(H,21,25,27). The molecule has 2 N–H and O–H groups in total. The van der Waals surface area contributed by atoms with Crippen LogP contribution in [0.5, 0.6) is 0 Å². The molecule has 3 aromatic rings. The average Bonchev–Trinajstić information content (AvgIpc) is 3.18. The maximum absolute atomic E-state index is 12.5. The zero-order valence-corrected chi connectivity index (χ0v) is 14.6. The summed E-state index contributed by atoms with van der Waals surface area (Å²) in [5, 5.41) is 13.1. The van der Waals surface area contributed by atoms with Gasteiger partial charge in [0.1, 0.15) is 5.52 Å². The molecular weight excluding hydrogens is 346 g/mol. The van der Waals surface area contributed by atoms with E-state index in [9.17, 15) is 14.4 Å². The van der Waals surface area contributed by atoms with Crippen molar-refractivity contribution in [2.45, 2.75) is 12.8 Å². The van der Waals surface area contributed by atoms with Gasteiger partial charge in [-0.2, -0.15) is 0 Å². The average molecular weight is 363 g/mol. The lowest BCUT2D eigenvalue weighted by Crippen LogP contribution is -2.22. The SMILES string of the molecule is Cn1nnc2cc(C(=O)Nc3ccc(CC4CC(=O)NC4=O)cc3)ccc21. The molecule has 1 aliphatic heterocycles. The van der Waals surface area contributed by atoms with Crippen LogP contribution in [0.3, 0.4) is 0 Å². The second kappa shape index (κ2) is 6.64. The van der Waals surface area contributed by atoms with Crippen molar-refractivity contribution in [2.24, 2.45) is 13.0 Å². The first-order valence-corrected chi connectivity index (χ1v) is 8.53. The normalized spacial score (nSPS) is 16.6. The van der Waals surface area contributed by atoms with E-state index in [1.807, 2.05) is 12.1 Å². The van der Waals surface area contributed by atoms with Crippen molar-refractivity contribution in [3.05, 3.63) is 53.6 Å². The number of hydrogen-bond acceptors (Lipinski definition) is 5. The topological polar surface area (TPSA) is 106 Å². The van der Waals surface area contributed by atoms with Gasteiger partial charge in [0.25, 0.3) is 5.91 Å². The Morgan fingerprint density at radius 1 is 1.22 bits per heavy atom. The molecule has 0 bridgehead atoms. The maximum atomic E-state index is 12.5. The molecule has 1 unspecified atom stereocenters. The lowest BCUT2D eigenvalue weighted by atomic mass is 9.98. The van der Waals surface area contributed by atoms with Crippen molar-refractivity contribution in [1.82, 2.24) is 20.3 Å². The molecule has 27 heavy (non-hydrogen) atoms. The van der Waals surface area contributed by atoms with Gasteiger partial charge in [0, 0.05) is 24.7 Å². The quantitative estimate of drug-likeness (QED) is 0.682. The van der Waals surface area contributed by atoms with Gasteiger partial charge in [0.15, 0.2) is 0 Å². The van der Waals surface area contributed by atoms with E-state index in [2.05, 4.69) is 20.9 Å². The third-order valence-electron chi connectivity index (χ3n) is 4.63. The molecule has 8 heteroatoms. The number of nitrogens with zero attached hydrogens (tertiary/aromatic N) is 3. The van der Waals surface area contributed by atoms with Crippen molar-refractivity contribution in [3.63, 3.8) is 0 Å². The minimum atomic E-state index is -0.323. The summed E-state index contributed by atoms with van der Waals surface area (Å²) in [6.45, 7) is 0. The van der Waals surface area contributed by atoms with Crippen LogP contribution in [0.2, 0.25) is 0 Å². The van der Waals surface area contributed by atoms with E-state index in [0.717, 1.165) is 11.1 Å². The number of fused-ring (bicyclic) bond motifs is 1. The van der Waals surface area contributed by atoms with Crippen LogP contribution in [-0.2, 0) is 23.1 Å². The zero-order chi connectivity index (χ0) is 19.0. The summed E-state index contributed by atoms with van der Waals surface area (Å²) in [6, 6.07) is 12.5. The van der Waals surface area contributed by atoms with Gasteiger partial charge in [0.2, 0.25) is 11.8 Å². The molecule has 1 fully saturated rings. The molecule has 1 aliphatic rings. The van der Waals surface area contributed by atoms with E-state index in [0.29, 0.717) is 23.2 Å². The largest absolute Gasteiger partial charge is 0.322 e. The van der Waals surface area contributed by atoms with Crippen molar-refractivity contribution in [1.29, 1.82) is 0 Å². The minimum Gasteiger partial charge on any atom is -0.322 e. The number of carbonyl (C=O) groups is 3. The second-order valence-corrected chi connectivity index (χ2v) is 6.59. The molecule has 3 amide bonds. The monoisotopic (exact) mass is 363 g/mol. The predicted octanol–water partition coefficient (Wildman–Crippen LogP) is 1.43. The van der Waals surface area contributed by atoms with Gasteiger partial charge in [-0.15, -0.1) is 5.10 Å². The Morgan fingerprint density at radius 2 is 2.00 bits per heavy atom. The summed E-state index contributed by atoms with van der Waals surface area (Å²) >= 11 is 0. The first-order chi connectivity index (χ1) is 13.0. The third-order valence-corrected chi connectivity index (χ3v) is 4.63. The van der Waals surface area contributed by atoms with Crippen molar-refractivity contribution < 1.29 is 14.4 Å². The number of hydrogen-bond donors (Lipinski definition) is 2. The van der Waals surface area contributed by atoms with E-state index in [-0.39, 0.29) is 30.1 Å². The number of anilines is 1. The Labute approximate surface area is 154 Å². The Morgan fingerprint density at radius 3 is 2.70 bits per heavy atom. The number of amides is 3. The summed E-state index contributed by atoms with van der Waals surface area (Å²) in [5.41, 5.74) is 3.59. The fourth-order valence-corrected chi connectivity index (χ4v) is 3.17. The predicted molar refractivity (Wildman–Crippen MR) is 97.9 cm³/mol. The van der Waals surface area contributed by atoms with Crippen LogP contribution in [0.4, 0.5) is 5.69 Å². The van der Waals surface area contributed by atoms with Gasteiger partial charge in [-0.1, -0.05) is 17.3 Å². The van der Waals surface area contributed by atoms with Crippen molar-refractivity contribution in [2.75, 3.05) is 5.32 Å². The molecule has 8 nitrogen and oxygen atoms in total. The highest BCUT2D eigenvalue weighted by molar-refractivity contribution is 6.06. The summed E-state index contributed by atoms with van der Waals surface area (Å²) in [7, 11) is 1.79. The fraction of sp³-hybridized carbons (Fsp3) is 0.211. The summed E-state index contributed by atoms with van der Waals surface area (Å²) < 4.78 is 1.65. The molecule has 2 heterocycles. The highest BCUT2D eigenvalue weighted by atomic mass is 16.2. The molecule has 1 aromatic heterocycles. The smallest absolute Gasteiger partial charge is 0.255 e. The summed E-state index contributed by atoms with van der Waals surface area (Å²) in [5.74, 6) is -1.02. The van der Waals surface area contributed by atoms with Gasteiger partial charge in [-0.25, -0.2) is 4.68 Å². The number of aryl methyl sites for hydroxylation is 1. The summed E-state index contributed by atoms with van der Waals surface area (Å²) in [6.07, 6.45) is 0.720. The van der Waals surface area contributed by atoms with E-state index < -0.39 is 0 Å². The fourth-order valence-electron chi connectivity index (χ4n) is 3.17. The van der Waals surface area contributed by atoms with E-state index in [1.165, 1.54) is 0 Å². The van der Waals surface area contributed by atoms with Gasteiger partial charge < -0.3 is 5.32 Å². The lowest BCUT2D eigenvalue weighted by molar-refractivity contribution is -0.125. The molecule has 136 valence electrons. The number of rotatable bonds is 4. The highest BCUT2D eigenvalue weighted by Gasteiger charge is 2.30. The molecule has 4 rings (SSSR count). The molecule has 1 atom stereocenters. The van der Waals surface area contributed by atoms with Crippen molar-refractivity contribution >= 4 is 34.4 Å². The highest BCUT2D eigenvalue weighted by Crippen LogP contribution is 2.20. The first kappa shape index (κ1) is 16.9.